The third-order valence-electron chi connectivity index (χ3n) is 3.36. The number of aliphatic hydroxyl groups excluding tert-OH is 1. The number of hydrogen-bond donors (Lipinski definition) is 2. The summed E-state index contributed by atoms with van der Waals surface area (Å²) in [6.07, 6.45) is 1.97. The van der Waals surface area contributed by atoms with E-state index in [1.165, 1.54) is 0 Å². The summed E-state index contributed by atoms with van der Waals surface area (Å²) in [4.78, 5) is 25.5. The molecule has 2 rings (SSSR count). The van der Waals surface area contributed by atoms with Crippen LogP contribution in [0, 0.1) is 6.92 Å². The van der Waals surface area contributed by atoms with Crippen LogP contribution in [0.2, 0.25) is 0 Å². The van der Waals surface area contributed by atoms with Gasteiger partial charge in [-0.1, -0.05) is 17.7 Å². The number of hydrogen-bond acceptors (Lipinski definition) is 3. The minimum Gasteiger partial charge on any atom is -0.395 e. The van der Waals surface area contributed by atoms with Gasteiger partial charge in [0.2, 0.25) is 5.91 Å². The molecule has 1 aliphatic rings. The van der Waals surface area contributed by atoms with Gasteiger partial charge in [0.15, 0.2) is 0 Å². The van der Waals surface area contributed by atoms with Crippen molar-refractivity contribution in [1.82, 2.24) is 10.2 Å². The number of rotatable bonds is 6. The molecule has 1 saturated carbocycles. The molecule has 108 valence electrons. The zero-order chi connectivity index (χ0) is 14.5. The number of nitrogens with zero attached hydrogens (tertiary/aromatic N) is 1. The molecule has 0 atom stereocenters. The Kier molecular flexibility index (Phi) is 4.74. The van der Waals surface area contributed by atoms with Crippen LogP contribution < -0.4 is 5.32 Å². The van der Waals surface area contributed by atoms with Crippen LogP contribution >= 0.6 is 0 Å². The zero-order valence-electron chi connectivity index (χ0n) is 11.6. The van der Waals surface area contributed by atoms with Crippen molar-refractivity contribution in [3.8, 4) is 0 Å². The topological polar surface area (TPSA) is 69.6 Å². The Morgan fingerprint density at radius 1 is 1.30 bits per heavy atom. The summed E-state index contributed by atoms with van der Waals surface area (Å²) in [5.41, 5.74) is 1.63. The Hall–Kier alpha value is -1.88. The average Bonchev–Trinajstić information content (AvgIpc) is 3.27. The van der Waals surface area contributed by atoms with Crippen LogP contribution in [0.5, 0.6) is 0 Å². The number of carbonyl (C=O) groups excluding carboxylic acids is 2. The summed E-state index contributed by atoms with van der Waals surface area (Å²) >= 11 is 0. The highest BCUT2D eigenvalue weighted by Crippen LogP contribution is 2.26. The van der Waals surface area contributed by atoms with Gasteiger partial charge in [0, 0.05) is 18.2 Å². The van der Waals surface area contributed by atoms with Gasteiger partial charge in [-0.25, -0.2) is 0 Å². The minimum absolute atomic E-state index is 0.0246. The Bertz CT molecular complexity index is 480. The van der Waals surface area contributed by atoms with Crippen molar-refractivity contribution >= 4 is 11.8 Å². The normalized spacial score (nSPS) is 13.9. The van der Waals surface area contributed by atoms with Crippen LogP contribution in [0.25, 0.3) is 0 Å². The number of benzene rings is 1. The standard InChI is InChI=1S/C15H20N2O3/c1-11-2-4-12(5-3-11)15(20)16-10-14(19)17(8-9-18)13-6-7-13/h2-5,13,18H,6-10H2,1H3,(H,16,20). The van der Waals surface area contributed by atoms with E-state index in [4.69, 9.17) is 5.11 Å². The molecule has 5 nitrogen and oxygen atoms in total. The number of nitrogens with one attached hydrogen (secondary N) is 1. The van der Waals surface area contributed by atoms with Gasteiger partial charge < -0.3 is 15.3 Å². The third kappa shape index (κ3) is 3.81. The summed E-state index contributed by atoms with van der Waals surface area (Å²) in [6.45, 7) is 2.22. The molecule has 1 aromatic rings. The van der Waals surface area contributed by atoms with Crippen molar-refractivity contribution in [3.05, 3.63) is 35.4 Å². The van der Waals surface area contributed by atoms with Crippen molar-refractivity contribution < 1.29 is 14.7 Å². The van der Waals surface area contributed by atoms with Crippen LogP contribution in [0.4, 0.5) is 0 Å². The molecule has 2 N–H and O–H groups in total. The minimum atomic E-state index is -0.252. The van der Waals surface area contributed by atoms with E-state index in [2.05, 4.69) is 5.32 Å². The van der Waals surface area contributed by atoms with Crippen molar-refractivity contribution in [3.63, 3.8) is 0 Å². The molecule has 0 heterocycles. The van der Waals surface area contributed by atoms with E-state index in [9.17, 15) is 9.59 Å². The first-order chi connectivity index (χ1) is 9.61. The van der Waals surface area contributed by atoms with Crippen molar-refractivity contribution in [2.24, 2.45) is 0 Å². The van der Waals surface area contributed by atoms with Gasteiger partial charge >= 0.3 is 0 Å². The number of amides is 2. The quantitative estimate of drug-likeness (QED) is 0.804. The Labute approximate surface area is 118 Å². The lowest BCUT2D eigenvalue weighted by molar-refractivity contribution is -0.131. The first kappa shape index (κ1) is 14.5. The van der Waals surface area contributed by atoms with Gasteiger partial charge in [0.1, 0.15) is 0 Å². The van der Waals surface area contributed by atoms with E-state index >= 15 is 0 Å². The van der Waals surface area contributed by atoms with Gasteiger partial charge in [-0.3, -0.25) is 9.59 Å². The van der Waals surface area contributed by atoms with Gasteiger partial charge in [-0.15, -0.1) is 0 Å². The molecule has 1 fully saturated rings. The molecule has 1 aromatic carbocycles. The molecule has 0 aromatic heterocycles. The van der Waals surface area contributed by atoms with Crippen molar-refractivity contribution in [2.75, 3.05) is 19.7 Å². The molecule has 0 saturated heterocycles. The second-order valence-corrected chi connectivity index (χ2v) is 5.09. The smallest absolute Gasteiger partial charge is 0.251 e. The molecule has 1 aliphatic carbocycles. The highest BCUT2D eigenvalue weighted by molar-refractivity contribution is 5.96. The average molecular weight is 276 g/mol. The molecule has 20 heavy (non-hydrogen) atoms. The molecule has 0 unspecified atom stereocenters. The number of carbonyl (C=O) groups is 2. The van der Waals surface area contributed by atoms with Crippen LogP contribution in [-0.4, -0.2) is 47.6 Å². The summed E-state index contributed by atoms with van der Waals surface area (Å²) in [5.74, 6) is -0.389. The summed E-state index contributed by atoms with van der Waals surface area (Å²) < 4.78 is 0. The summed E-state index contributed by atoms with van der Waals surface area (Å²) in [5, 5.41) is 11.6. The first-order valence-electron chi connectivity index (χ1n) is 6.87. The monoisotopic (exact) mass is 276 g/mol. The maximum Gasteiger partial charge on any atom is 0.251 e. The molecule has 0 aliphatic heterocycles. The zero-order valence-corrected chi connectivity index (χ0v) is 11.6. The van der Waals surface area contributed by atoms with Gasteiger partial charge in [0.05, 0.1) is 13.2 Å². The summed E-state index contributed by atoms with van der Waals surface area (Å²) in [6, 6.07) is 7.44. The fourth-order valence-electron chi connectivity index (χ4n) is 2.07. The lowest BCUT2D eigenvalue weighted by Crippen LogP contribution is -2.42. The maximum absolute atomic E-state index is 12.0. The third-order valence-corrected chi connectivity index (χ3v) is 3.36. The Morgan fingerprint density at radius 2 is 1.95 bits per heavy atom. The largest absolute Gasteiger partial charge is 0.395 e. The van der Waals surface area contributed by atoms with E-state index in [0.717, 1.165) is 18.4 Å². The van der Waals surface area contributed by atoms with Crippen molar-refractivity contribution in [2.45, 2.75) is 25.8 Å². The van der Waals surface area contributed by atoms with E-state index in [1.54, 1.807) is 17.0 Å². The fraction of sp³-hybridized carbons (Fsp3) is 0.467. The van der Waals surface area contributed by atoms with Gasteiger partial charge in [-0.05, 0) is 31.9 Å². The molecular weight excluding hydrogens is 256 g/mol. The SMILES string of the molecule is Cc1ccc(C(=O)NCC(=O)N(CCO)C2CC2)cc1. The molecule has 0 radical (unpaired) electrons. The summed E-state index contributed by atoms with van der Waals surface area (Å²) in [7, 11) is 0. The van der Waals surface area contributed by atoms with E-state index in [-0.39, 0.29) is 31.0 Å². The second-order valence-electron chi connectivity index (χ2n) is 5.09. The molecule has 0 bridgehead atoms. The molecule has 5 heteroatoms. The van der Waals surface area contributed by atoms with Gasteiger partial charge in [-0.2, -0.15) is 0 Å². The predicted octanol–water partition coefficient (Wildman–Crippen LogP) is 0.708. The fourth-order valence-corrected chi connectivity index (χ4v) is 2.07. The van der Waals surface area contributed by atoms with Gasteiger partial charge in [0.25, 0.3) is 5.91 Å². The Balaban J connectivity index is 1.85. The van der Waals surface area contributed by atoms with E-state index in [1.807, 2.05) is 19.1 Å². The number of aryl methyl sites for hydroxylation is 1. The van der Waals surface area contributed by atoms with Crippen molar-refractivity contribution in [1.29, 1.82) is 0 Å². The first-order valence-corrected chi connectivity index (χ1v) is 6.87. The lowest BCUT2D eigenvalue weighted by atomic mass is 10.1. The highest BCUT2D eigenvalue weighted by atomic mass is 16.3. The molecular formula is C15H20N2O3. The highest BCUT2D eigenvalue weighted by Gasteiger charge is 2.31. The molecule has 0 spiro atoms. The Morgan fingerprint density at radius 3 is 2.50 bits per heavy atom. The molecule has 2 amide bonds. The van der Waals surface area contributed by atoms with Crippen LogP contribution in [0.1, 0.15) is 28.8 Å². The second kappa shape index (κ2) is 6.52. The predicted molar refractivity (Wildman–Crippen MR) is 75.3 cm³/mol. The maximum atomic E-state index is 12.0. The van der Waals surface area contributed by atoms with E-state index in [0.29, 0.717) is 12.1 Å². The van der Waals surface area contributed by atoms with Crippen LogP contribution in [-0.2, 0) is 4.79 Å². The number of aliphatic hydroxyl groups is 1. The van der Waals surface area contributed by atoms with Crippen LogP contribution in [0.3, 0.4) is 0 Å². The van der Waals surface area contributed by atoms with E-state index < -0.39 is 0 Å². The lowest BCUT2D eigenvalue weighted by Gasteiger charge is -2.21. The van der Waals surface area contributed by atoms with Crippen LogP contribution in [0.15, 0.2) is 24.3 Å².